The van der Waals surface area contributed by atoms with Crippen molar-refractivity contribution in [3.63, 3.8) is 0 Å². The van der Waals surface area contributed by atoms with Crippen molar-refractivity contribution >= 4 is 23.0 Å². The van der Waals surface area contributed by atoms with Gasteiger partial charge in [-0.15, -0.1) is 0 Å². The van der Waals surface area contributed by atoms with Crippen LogP contribution in [0.2, 0.25) is 0 Å². The van der Waals surface area contributed by atoms with Gasteiger partial charge in [-0.05, 0) is 77.5 Å². The van der Waals surface area contributed by atoms with E-state index in [-0.39, 0.29) is 18.0 Å². The van der Waals surface area contributed by atoms with Crippen molar-refractivity contribution in [2.45, 2.75) is 77.7 Å². The molecule has 11 heteroatoms. The molecule has 0 atom stereocenters. The van der Waals surface area contributed by atoms with E-state index < -0.39 is 11.4 Å². The first-order valence-electron chi connectivity index (χ1n) is 14.9. The highest BCUT2D eigenvalue weighted by Crippen LogP contribution is 2.40. The zero-order valence-electron chi connectivity index (χ0n) is 25.4. The second-order valence-electron chi connectivity index (χ2n) is 12.7. The van der Waals surface area contributed by atoms with Crippen LogP contribution in [-0.2, 0) is 20.0 Å². The van der Waals surface area contributed by atoms with Crippen LogP contribution < -0.4 is 10.1 Å². The number of carbonyl (C=O) groups excluding carboxylic acids is 2. The van der Waals surface area contributed by atoms with Gasteiger partial charge in [0.05, 0.1) is 17.7 Å². The van der Waals surface area contributed by atoms with E-state index in [9.17, 15) is 9.59 Å². The highest BCUT2D eigenvalue weighted by atomic mass is 16.7. The van der Waals surface area contributed by atoms with Gasteiger partial charge in [0.15, 0.2) is 0 Å². The maximum atomic E-state index is 13.6. The van der Waals surface area contributed by atoms with Crippen molar-refractivity contribution in [1.29, 1.82) is 0 Å². The van der Waals surface area contributed by atoms with Crippen LogP contribution in [0, 0.1) is 12.8 Å². The van der Waals surface area contributed by atoms with E-state index in [1.807, 2.05) is 52.8 Å². The molecule has 1 aliphatic carbocycles. The Morgan fingerprint density at radius 2 is 1.84 bits per heavy atom. The molecule has 11 nitrogen and oxygen atoms in total. The van der Waals surface area contributed by atoms with E-state index in [2.05, 4.69) is 20.3 Å². The van der Waals surface area contributed by atoms with Gasteiger partial charge < -0.3 is 34.1 Å². The van der Waals surface area contributed by atoms with Gasteiger partial charge in [-0.3, -0.25) is 4.79 Å². The van der Waals surface area contributed by atoms with Crippen molar-refractivity contribution in [2.24, 2.45) is 5.92 Å². The van der Waals surface area contributed by atoms with Gasteiger partial charge in [0.25, 0.3) is 11.7 Å². The molecule has 0 spiro atoms. The molecule has 2 aromatic heterocycles. The summed E-state index contributed by atoms with van der Waals surface area (Å²) in [5.74, 6) is 0.0842. The van der Waals surface area contributed by atoms with Crippen LogP contribution in [0.4, 0.5) is 4.79 Å². The van der Waals surface area contributed by atoms with E-state index in [0.29, 0.717) is 72.2 Å². The number of ether oxygens (including phenoxy) is 4. The van der Waals surface area contributed by atoms with Gasteiger partial charge in [-0.2, -0.15) is 0 Å². The molecule has 4 heterocycles. The Balaban J connectivity index is 1.25. The Hall–Kier alpha value is -4.28. The number of amides is 2. The largest absolute Gasteiger partial charge is 0.493 e. The number of fused-ring (bicyclic) bond motifs is 1. The molecular formula is C32H39N5O6. The molecule has 0 bridgehead atoms. The fraction of sp³-hybridized carbons (Fsp3) is 0.500. The van der Waals surface area contributed by atoms with Crippen LogP contribution in [0.3, 0.4) is 0 Å². The number of H-pyrrole nitrogens is 1. The average molecular weight is 590 g/mol. The maximum absolute atomic E-state index is 13.6. The summed E-state index contributed by atoms with van der Waals surface area (Å²) in [6.07, 6.45) is 7.83. The molecule has 1 saturated heterocycles. The first-order chi connectivity index (χ1) is 20.5. The molecule has 3 aromatic rings. The molecule has 2 amide bonds. The minimum atomic E-state index is -0.967. The summed E-state index contributed by atoms with van der Waals surface area (Å²) >= 11 is 0. The summed E-state index contributed by atoms with van der Waals surface area (Å²) < 4.78 is 23.3. The van der Waals surface area contributed by atoms with E-state index in [1.165, 1.54) is 31.7 Å². The summed E-state index contributed by atoms with van der Waals surface area (Å²) in [5, 5.41) is 3.16. The summed E-state index contributed by atoms with van der Waals surface area (Å²) in [7, 11) is 0. The third-order valence-corrected chi connectivity index (χ3v) is 8.05. The lowest BCUT2D eigenvalue weighted by Crippen LogP contribution is -2.47. The van der Waals surface area contributed by atoms with Gasteiger partial charge in [0.1, 0.15) is 41.4 Å². The lowest BCUT2D eigenvalue weighted by atomic mass is 10.0. The van der Waals surface area contributed by atoms with Crippen LogP contribution >= 0.6 is 0 Å². The topological polar surface area (TPSA) is 128 Å². The second kappa shape index (κ2) is 11.1. The second-order valence-corrected chi connectivity index (χ2v) is 12.7. The Labute approximate surface area is 250 Å². The molecule has 2 aliphatic heterocycles. The lowest BCUT2D eigenvalue weighted by Gasteiger charge is -2.33. The first-order valence-corrected chi connectivity index (χ1v) is 14.9. The zero-order valence-corrected chi connectivity index (χ0v) is 25.4. The number of piperidine rings is 1. The molecule has 228 valence electrons. The zero-order chi connectivity index (χ0) is 30.4. The highest BCUT2D eigenvalue weighted by Gasteiger charge is 2.34. The van der Waals surface area contributed by atoms with Gasteiger partial charge in [0.2, 0.25) is 0 Å². The quantitative estimate of drug-likeness (QED) is 0.368. The number of aryl methyl sites for hydroxylation is 1. The van der Waals surface area contributed by atoms with Gasteiger partial charge in [0, 0.05) is 42.9 Å². The van der Waals surface area contributed by atoms with Crippen molar-refractivity contribution in [1.82, 2.24) is 25.2 Å². The predicted molar refractivity (Wildman–Crippen MR) is 159 cm³/mol. The monoisotopic (exact) mass is 589 g/mol. The van der Waals surface area contributed by atoms with Crippen molar-refractivity contribution in [2.75, 3.05) is 19.7 Å². The molecule has 0 radical (unpaired) electrons. The fourth-order valence-electron chi connectivity index (χ4n) is 5.49. The number of aromatic amines is 1. The highest BCUT2D eigenvalue weighted by molar-refractivity contribution is 6.09. The van der Waals surface area contributed by atoms with E-state index >= 15 is 0 Å². The average Bonchev–Trinajstić information content (AvgIpc) is 3.58. The number of hydrogen-bond acceptors (Lipinski definition) is 8. The third-order valence-electron chi connectivity index (χ3n) is 8.05. The van der Waals surface area contributed by atoms with Crippen LogP contribution in [0.25, 0.3) is 22.3 Å². The Bertz CT molecular complexity index is 1550. The Morgan fingerprint density at radius 3 is 2.51 bits per heavy atom. The number of carbonyl (C=O) groups is 2. The van der Waals surface area contributed by atoms with Crippen LogP contribution in [-0.4, -0.2) is 63.2 Å². The van der Waals surface area contributed by atoms with Gasteiger partial charge >= 0.3 is 6.09 Å². The van der Waals surface area contributed by atoms with E-state index in [0.717, 1.165) is 11.1 Å². The smallest absolute Gasteiger partial charge is 0.410 e. The van der Waals surface area contributed by atoms with Crippen molar-refractivity contribution in [3.8, 4) is 17.0 Å². The lowest BCUT2D eigenvalue weighted by molar-refractivity contribution is -0.133. The van der Waals surface area contributed by atoms with E-state index in [4.69, 9.17) is 18.9 Å². The number of likely N-dealkylation sites (tertiary alicyclic amines) is 1. The molecule has 2 N–H and O–H groups in total. The summed E-state index contributed by atoms with van der Waals surface area (Å²) in [6.45, 7) is 10.9. The standard InChI is InChI=1S/C32H39N5O6/c1-19-25(29(38)36-22-10-12-37(13-11-22)30(39)43-31(2,3)4)27-28(35-19)26(33-18-34-27)23-16-21(32(5)41-14-15-42-32)8-9-24(23)40-17-20-6-7-20/h8-9,14-16,18,20,22,35H,6-7,10-13,17H2,1-5H3,(H,36,38). The number of nitrogens with zero attached hydrogens (tertiary/aromatic N) is 3. The maximum Gasteiger partial charge on any atom is 0.410 e. The minimum Gasteiger partial charge on any atom is -0.493 e. The number of rotatable bonds is 7. The Morgan fingerprint density at radius 1 is 1.12 bits per heavy atom. The molecule has 3 aliphatic rings. The molecule has 43 heavy (non-hydrogen) atoms. The third kappa shape index (κ3) is 6.11. The molecule has 1 saturated carbocycles. The summed E-state index contributed by atoms with van der Waals surface area (Å²) in [4.78, 5) is 40.3. The van der Waals surface area contributed by atoms with E-state index in [1.54, 1.807) is 4.90 Å². The van der Waals surface area contributed by atoms with Crippen LogP contribution in [0.1, 0.15) is 75.0 Å². The number of benzene rings is 1. The molecule has 1 aromatic carbocycles. The first kappa shape index (κ1) is 28.8. The summed E-state index contributed by atoms with van der Waals surface area (Å²) in [6, 6.07) is 5.75. The molecule has 0 unspecified atom stereocenters. The fourth-order valence-corrected chi connectivity index (χ4v) is 5.49. The van der Waals surface area contributed by atoms with Crippen LogP contribution in [0.15, 0.2) is 37.1 Å². The summed E-state index contributed by atoms with van der Waals surface area (Å²) in [5.41, 5.74) is 3.99. The van der Waals surface area contributed by atoms with Gasteiger partial charge in [-0.25, -0.2) is 14.8 Å². The molecule has 2 fully saturated rings. The van der Waals surface area contributed by atoms with Gasteiger partial charge in [-0.1, -0.05) is 0 Å². The molecule has 6 rings (SSSR count). The number of nitrogens with one attached hydrogen (secondary N) is 2. The normalized spacial score (nSPS) is 18.3. The molecular weight excluding hydrogens is 550 g/mol. The number of aromatic nitrogens is 3. The van der Waals surface area contributed by atoms with Crippen LogP contribution in [0.5, 0.6) is 5.75 Å². The van der Waals surface area contributed by atoms with Crippen molar-refractivity contribution in [3.05, 3.63) is 53.9 Å². The number of hydrogen-bond donors (Lipinski definition) is 2. The van der Waals surface area contributed by atoms with Crippen molar-refractivity contribution < 1.29 is 28.5 Å². The predicted octanol–water partition coefficient (Wildman–Crippen LogP) is 5.54. The minimum absolute atomic E-state index is 0.0725. The Kier molecular flexibility index (Phi) is 7.43. The SMILES string of the molecule is Cc1[nH]c2c(-c3cc(C4(C)OC=CO4)ccc3OCC3CC3)ncnc2c1C(=O)NC1CCN(C(=O)OC(C)(C)C)CC1.